The Bertz CT molecular complexity index is 1710. The standard InChI is InChI=1S/C48H78O16/c1-22(2)14-16-32(49)25(6)21-31-43(57)47(11)19-12-13-30(47)26(7)48(31,58)20-18-24(5)33(17-15-23(3)4)62-44-39(55)36(52)41(28(9)60-44)64-46-40(56)37(53)42(29(10)61-46)63-45-38(54)35(51)34(50)27(8)59-45/h14-15,18,21,26-42,44-46,49-56,58H,12-13,16-17,19-20H2,1-11H3/b24-18+,25-21+/t26-,27+,28-,29+,30+,31+,32-,33+,34+,35-,36-,37+,38-,39-,40-,41+,42+,44+,45+,46+,47+,48-/m1/s1. The van der Waals surface area contributed by atoms with Crippen molar-refractivity contribution in [2.45, 2.75) is 225 Å². The molecule has 0 spiro atoms. The van der Waals surface area contributed by atoms with E-state index in [0.717, 1.165) is 30.4 Å². The van der Waals surface area contributed by atoms with E-state index in [1.807, 2.05) is 66.7 Å². The molecule has 9 N–H and O–H groups in total. The van der Waals surface area contributed by atoms with E-state index >= 15 is 0 Å². The SMILES string of the molecule is CC(C)=CC[C@@H](O)/C(C)=C/[C@H]1C(=O)[C@@]2(C)CCC[C@H]2[C@@H](C)[C@]1(O)C/C=C(\C)[C@H](CC=C(C)C)O[C@@H]1O[C@H](C)[C@H](O[C@@H]2O[C@@H](C)[C@H](O[C@@H]3O[C@@H](C)[C@H](O)[C@@H](O)[C@H]3O)[C@@H](O)[C@H]2O)[C@H](O)[C@H]1O. The molecule has 64 heavy (non-hydrogen) atoms. The average Bonchev–Trinajstić information content (AvgIpc) is 3.65. The van der Waals surface area contributed by atoms with Gasteiger partial charge in [-0.15, -0.1) is 0 Å². The highest BCUT2D eigenvalue weighted by atomic mass is 16.8. The predicted molar refractivity (Wildman–Crippen MR) is 234 cm³/mol. The van der Waals surface area contributed by atoms with Gasteiger partial charge < -0.3 is 74.4 Å². The maximum atomic E-state index is 14.5. The molecule has 16 nitrogen and oxygen atoms in total. The lowest BCUT2D eigenvalue weighted by atomic mass is 9.53. The fourth-order valence-corrected chi connectivity index (χ4v) is 10.3. The largest absolute Gasteiger partial charge is 0.388 e. The maximum Gasteiger partial charge on any atom is 0.187 e. The molecule has 0 aromatic rings. The summed E-state index contributed by atoms with van der Waals surface area (Å²) in [5, 5.41) is 99.6. The van der Waals surface area contributed by atoms with Gasteiger partial charge in [0.2, 0.25) is 0 Å². The molecule has 0 amide bonds. The molecule has 22 atom stereocenters. The van der Waals surface area contributed by atoms with E-state index in [4.69, 9.17) is 28.4 Å². The Balaban J connectivity index is 1.30. The number of carbonyl (C=O) groups excluding carboxylic acids is 1. The highest BCUT2D eigenvalue weighted by Gasteiger charge is 2.62. The minimum atomic E-state index is -1.74. The molecule has 2 saturated carbocycles. The number of aliphatic hydroxyl groups is 9. The number of aliphatic hydroxyl groups excluding tert-OH is 8. The van der Waals surface area contributed by atoms with Crippen LogP contribution >= 0.6 is 0 Å². The molecule has 5 rings (SSSR count). The van der Waals surface area contributed by atoms with Gasteiger partial charge in [-0.05, 0) is 117 Å². The summed E-state index contributed by atoms with van der Waals surface area (Å²) < 4.78 is 35.7. The Morgan fingerprint density at radius 2 is 1.19 bits per heavy atom. The smallest absolute Gasteiger partial charge is 0.187 e. The minimum absolute atomic E-state index is 0.0119. The van der Waals surface area contributed by atoms with E-state index < -0.39 is 121 Å². The van der Waals surface area contributed by atoms with E-state index in [2.05, 4.69) is 0 Å². The van der Waals surface area contributed by atoms with Crippen molar-refractivity contribution in [3.8, 4) is 0 Å². The van der Waals surface area contributed by atoms with Gasteiger partial charge >= 0.3 is 0 Å². The van der Waals surface area contributed by atoms with Crippen molar-refractivity contribution in [3.63, 3.8) is 0 Å². The Morgan fingerprint density at radius 1 is 0.688 bits per heavy atom. The number of ketones is 1. The Morgan fingerprint density at radius 3 is 1.75 bits per heavy atom. The van der Waals surface area contributed by atoms with Crippen molar-refractivity contribution < 1.29 is 79.2 Å². The lowest BCUT2D eigenvalue weighted by Gasteiger charge is -2.52. The lowest BCUT2D eigenvalue weighted by molar-refractivity contribution is -0.373. The second-order valence-corrected chi connectivity index (χ2v) is 20.0. The van der Waals surface area contributed by atoms with E-state index in [9.17, 15) is 50.8 Å². The second-order valence-electron chi connectivity index (χ2n) is 20.0. The fraction of sp³-hybridized carbons (Fsp3) is 0.812. The number of rotatable bonds is 15. The molecule has 0 bridgehead atoms. The van der Waals surface area contributed by atoms with Crippen LogP contribution in [0.5, 0.6) is 0 Å². The molecule has 5 fully saturated rings. The molecule has 366 valence electrons. The highest BCUT2D eigenvalue weighted by Crippen LogP contribution is 2.58. The molecule has 3 aliphatic heterocycles. The summed E-state index contributed by atoms with van der Waals surface area (Å²) in [4.78, 5) is 14.5. The number of hydrogen-bond acceptors (Lipinski definition) is 16. The number of ether oxygens (including phenoxy) is 6. The van der Waals surface area contributed by atoms with Gasteiger partial charge in [0.1, 0.15) is 60.7 Å². The lowest BCUT2D eigenvalue weighted by Crippen LogP contribution is -2.65. The van der Waals surface area contributed by atoms with Gasteiger partial charge in [-0.25, -0.2) is 0 Å². The monoisotopic (exact) mass is 911 g/mol. The summed E-state index contributed by atoms with van der Waals surface area (Å²) in [6.07, 6.45) is -11.6. The summed E-state index contributed by atoms with van der Waals surface area (Å²) in [5.41, 5.74) is 1.36. The van der Waals surface area contributed by atoms with Crippen LogP contribution in [0.25, 0.3) is 0 Å². The first-order valence-electron chi connectivity index (χ1n) is 23.1. The average molecular weight is 911 g/mol. The topological polar surface area (TPSA) is 255 Å². The summed E-state index contributed by atoms with van der Waals surface area (Å²) in [5.74, 6) is -1.13. The summed E-state index contributed by atoms with van der Waals surface area (Å²) >= 11 is 0. The van der Waals surface area contributed by atoms with Gasteiger partial charge in [0.05, 0.1) is 42.0 Å². The summed E-state index contributed by atoms with van der Waals surface area (Å²) in [6, 6.07) is 0. The van der Waals surface area contributed by atoms with E-state index in [-0.39, 0.29) is 24.0 Å². The Labute approximate surface area is 378 Å². The van der Waals surface area contributed by atoms with Gasteiger partial charge in [-0.2, -0.15) is 0 Å². The van der Waals surface area contributed by atoms with Crippen molar-refractivity contribution in [3.05, 3.63) is 46.6 Å². The molecule has 3 saturated heterocycles. The third-order valence-corrected chi connectivity index (χ3v) is 14.8. The van der Waals surface area contributed by atoms with Crippen LogP contribution in [0.2, 0.25) is 0 Å². The van der Waals surface area contributed by atoms with Crippen LogP contribution in [0.3, 0.4) is 0 Å². The van der Waals surface area contributed by atoms with E-state index in [1.54, 1.807) is 19.9 Å². The van der Waals surface area contributed by atoms with Gasteiger partial charge in [0.25, 0.3) is 0 Å². The maximum absolute atomic E-state index is 14.5. The zero-order chi connectivity index (χ0) is 47.7. The predicted octanol–water partition coefficient (Wildman–Crippen LogP) is 2.63. The summed E-state index contributed by atoms with van der Waals surface area (Å²) in [7, 11) is 0. The van der Waals surface area contributed by atoms with Crippen LogP contribution in [-0.2, 0) is 33.2 Å². The Kier molecular flexibility index (Phi) is 17.8. The normalized spacial score (nSPS) is 45.4. The first-order chi connectivity index (χ1) is 29.8. The zero-order valence-electron chi connectivity index (χ0n) is 39.5. The van der Waals surface area contributed by atoms with Crippen LogP contribution in [0.4, 0.5) is 0 Å². The van der Waals surface area contributed by atoms with Crippen LogP contribution in [0.1, 0.15) is 115 Å². The molecule has 16 heteroatoms. The van der Waals surface area contributed by atoms with Crippen molar-refractivity contribution in [2.75, 3.05) is 0 Å². The number of fused-ring (bicyclic) bond motifs is 1. The molecule has 0 aromatic heterocycles. The third-order valence-electron chi connectivity index (χ3n) is 14.8. The minimum Gasteiger partial charge on any atom is -0.388 e. The van der Waals surface area contributed by atoms with Crippen LogP contribution in [0, 0.1) is 23.2 Å². The van der Waals surface area contributed by atoms with Gasteiger partial charge in [-0.1, -0.05) is 55.7 Å². The van der Waals surface area contributed by atoms with Crippen LogP contribution in [0.15, 0.2) is 46.6 Å². The van der Waals surface area contributed by atoms with E-state index in [1.165, 1.54) is 13.8 Å². The number of Topliss-reactive ketones (excluding diaryl/α,β-unsaturated/α-hetero) is 1. The van der Waals surface area contributed by atoms with Gasteiger partial charge in [0.15, 0.2) is 18.9 Å². The number of carbonyl (C=O) groups is 1. The molecule has 2 aliphatic carbocycles. The van der Waals surface area contributed by atoms with Crippen LogP contribution in [-0.4, -0.2) is 162 Å². The van der Waals surface area contributed by atoms with Crippen molar-refractivity contribution in [1.82, 2.24) is 0 Å². The molecule has 0 radical (unpaired) electrons. The van der Waals surface area contributed by atoms with Crippen molar-refractivity contribution in [1.29, 1.82) is 0 Å². The van der Waals surface area contributed by atoms with Gasteiger partial charge in [-0.3, -0.25) is 4.79 Å². The van der Waals surface area contributed by atoms with Gasteiger partial charge in [0, 0.05) is 5.41 Å². The summed E-state index contributed by atoms with van der Waals surface area (Å²) in [6.45, 7) is 20.1. The number of hydrogen-bond donors (Lipinski definition) is 9. The van der Waals surface area contributed by atoms with Crippen LogP contribution < -0.4 is 0 Å². The zero-order valence-corrected chi connectivity index (χ0v) is 39.5. The molecular formula is C48H78O16. The molecule has 5 aliphatic rings. The highest BCUT2D eigenvalue weighted by molar-refractivity contribution is 5.91. The first kappa shape index (κ1) is 53.0. The first-order valence-corrected chi connectivity index (χ1v) is 23.1. The quantitative estimate of drug-likeness (QED) is 0.107. The van der Waals surface area contributed by atoms with Crippen molar-refractivity contribution in [2.24, 2.45) is 23.2 Å². The molecule has 3 heterocycles. The molecule has 0 unspecified atom stereocenters. The number of allylic oxidation sites excluding steroid dienone is 2. The fourth-order valence-electron chi connectivity index (χ4n) is 10.3. The third kappa shape index (κ3) is 11.1. The van der Waals surface area contributed by atoms with Crippen molar-refractivity contribution >= 4 is 5.78 Å². The Hall–Kier alpha value is -1.97. The van der Waals surface area contributed by atoms with E-state index in [0.29, 0.717) is 24.0 Å². The second kappa shape index (κ2) is 21.5. The molecule has 0 aromatic carbocycles. The molecular weight excluding hydrogens is 833 g/mol.